The SMILES string of the molecule is CCC(C(=O)N(C)CCCO)c1ccccc1. The van der Waals surface area contributed by atoms with Crippen LogP contribution in [0, 0.1) is 0 Å². The van der Waals surface area contributed by atoms with Gasteiger partial charge in [-0.3, -0.25) is 4.79 Å². The molecule has 0 aliphatic heterocycles. The van der Waals surface area contributed by atoms with Gasteiger partial charge < -0.3 is 10.0 Å². The van der Waals surface area contributed by atoms with Crippen LogP contribution in [0.1, 0.15) is 31.2 Å². The minimum atomic E-state index is -0.0695. The Kier molecular flexibility index (Phi) is 5.70. The van der Waals surface area contributed by atoms with Crippen LogP contribution in [0.3, 0.4) is 0 Å². The van der Waals surface area contributed by atoms with E-state index >= 15 is 0 Å². The molecule has 1 rings (SSSR count). The quantitative estimate of drug-likeness (QED) is 0.819. The van der Waals surface area contributed by atoms with Gasteiger partial charge in [0.05, 0.1) is 5.92 Å². The van der Waals surface area contributed by atoms with E-state index in [1.54, 1.807) is 11.9 Å². The van der Waals surface area contributed by atoms with E-state index in [2.05, 4.69) is 0 Å². The lowest BCUT2D eigenvalue weighted by atomic mass is 9.95. The normalized spacial score (nSPS) is 12.2. The minimum absolute atomic E-state index is 0.0695. The van der Waals surface area contributed by atoms with Crippen molar-refractivity contribution in [3.05, 3.63) is 35.9 Å². The average Bonchev–Trinajstić information content (AvgIpc) is 2.38. The summed E-state index contributed by atoms with van der Waals surface area (Å²) in [6.45, 7) is 2.76. The van der Waals surface area contributed by atoms with E-state index in [1.807, 2.05) is 37.3 Å². The van der Waals surface area contributed by atoms with Crippen LogP contribution in [0.15, 0.2) is 30.3 Å². The van der Waals surface area contributed by atoms with Crippen LogP contribution in [0.5, 0.6) is 0 Å². The summed E-state index contributed by atoms with van der Waals surface area (Å²) in [5.41, 5.74) is 1.07. The molecule has 0 aromatic heterocycles. The summed E-state index contributed by atoms with van der Waals surface area (Å²) >= 11 is 0. The number of carbonyl (C=O) groups excluding carboxylic acids is 1. The molecule has 3 nitrogen and oxygen atoms in total. The highest BCUT2D eigenvalue weighted by Crippen LogP contribution is 2.21. The molecule has 94 valence electrons. The first-order chi connectivity index (χ1) is 8.20. The predicted molar refractivity (Wildman–Crippen MR) is 68.8 cm³/mol. The van der Waals surface area contributed by atoms with E-state index in [0.29, 0.717) is 13.0 Å². The van der Waals surface area contributed by atoms with Gasteiger partial charge in [0.15, 0.2) is 0 Å². The largest absolute Gasteiger partial charge is 0.396 e. The first-order valence-corrected chi connectivity index (χ1v) is 6.11. The molecule has 0 saturated heterocycles. The van der Waals surface area contributed by atoms with Crippen LogP contribution in [0.2, 0.25) is 0 Å². The van der Waals surface area contributed by atoms with Gasteiger partial charge in [-0.1, -0.05) is 37.3 Å². The van der Waals surface area contributed by atoms with Gasteiger partial charge in [0.1, 0.15) is 0 Å². The first kappa shape index (κ1) is 13.7. The fraction of sp³-hybridized carbons (Fsp3) is 0.500. The summed E-state index contributed by atoms with van der Waals surface area (Å²) < 4.78 is 0. The van der Waals surface area contributed by atoms with Crippen molar-refractivity contribution in [2.75, 3.05) is 20.2 Å². The number of benzene rings is 1. The van der Waals surface area contributed by atoms with Crippen molar-refractivity contribution in [3.8, 4) is 0 Å². The zero-order valence-corrected chi connectivity index (χ0v) is 10.6. The van der Waals surface area contributed by atoms with Crippen molar-refractivity contribution in [1.29, 1.82) is 0 Å². The number of aliphatic hydroxyl groups excluding tert-OH is 1. The number of hydrogen-bond donors (Lipinski definition) is 1. The molecule has 0 aliphatic rings. The van der Waals surface area contributed by atoms with Gasteiger partial charge in [-0.15, -0.1) is 0 Å². The Labute approximate surface area is 103 Å². The molecule has 3 heteroatoms. The van der Waals surface area contributed by atoms with Crippen LogP contribution in [0.4, 0.5) is 0 Å². The second-order valence-electron chi connectivity index (χ2n) is 4.21. The van der Waals surface area contributed by atoms with Crippen LogP contribution >= 0.6 is 0 Å². The third-order valence-electron chi connectivity index (χ3n) is 2.94. The molecule has 0 saturated carbocycles. The summed E-state index contributed by atoms with van der Waals surface area (Å²) in [7, 11) is 1.80. The van der Waals surface area contributed by atoms with Gasteiger partial charge in [-0.05, 0) is 18.4 Å². The molecule has 1 amide bonds. The average molecular weight is 235 g/mol. The highest BCUT2D eigenvalue weighted by molar-refractivity contribution is 5.83. The van der Waals surface area contributed by atoms with Crippen LogP contribution < -0.4 is 0 Å². The number of aliphatic hydroxyl groups is 1. The second-order valence-corrected chi connectivity index (χ2v) is 4.21. The molecule has 1 aromatic rings. The lowest BCUT2D eigenvalue weighted by Crippen LogP contribution is -2.32. The first-order valence-electron chi connectivity index (χ1n) is 6.11. The summed E-state index contributed by atoms with van der Waals surface area (Å²) in [5.74, 6) is 0.0621. The number of amides is 1. The maximum atomic E-state index is 12.2. The third kappa shape index (κ3) is 3.86. The Hall–Kier alpha value is -1.35. The van der Waals surface area contributed by atoms with Gasteiger partial charge >= 0.3 is 0 Å². The second kappa shape index (κ2) is 7.07. The molecule has 1 unspecified atom stereocenters. The summed E-state index contributed by atoms with van der Waals surface area (Å²) in [6, 6.07) is 9.85. The number of likely N-dealkylation sites (N-methyl/N-ethyl adjacent to an activating group) is 1. The molecule has 0 spiro atoms. The lowest BCUT2D eigenvalue weighted by molar-refractivity contribution is -0.131. The maximum Gasteiger partial charge on any atom is 0.229 e. The van der Waals surface area contributed by atoms with Crippen molar-refractivity contribution in [3.63, 3.8) is 0 Å². The number of nitrogens with zero attached hydrogens (tertiary/aromatic N) is 1. The summed E-state index contributed by atoms with van der Waals surface area (Å²) in [5, 5.41) is 8.77. The Morgan fingerprint density at radius 1 is 1.35 bits per heavy atom. The minimum Gasteiger partial charge on any atom is -0.396 e. The van der Waals surface area contributed by atoms with Crippen molar-refractivity contribution >= 4 is 5.91 Å². The Balaban J connectivity index is 2.71. The van der Waals surface area contributed by atoms with E-state index in [-0.39, 0.29) is 18.4 Å². The van der Waals surface area contributed by atoms with E-state index in [1.165, 1.54) is 0 Å². The third-order valence-corrected chi connectivity index (χ3v) is 2.94. The Morgan fingerprint density at radius 2 is 2.00 bits per heavy atom. The smallest absolute Gasteiger partial charge is 0.229 e. The zero-order valence-electron chi connectivity index (χ0n) is 10.6. The topological polar surface area (TPSA) is 40.5 Å². The van der Waals surface area contributed by atoms with Crippen LogP contribution in [-0.2, 0) is 4.79 Å². The highest BCUT2D eigenvalue weighted by Gasteiger charge is 2.21. The van der Waals surface area contributed by atoms with E-state index in [9.17, 15) is 4.79 Å². The molecule has 0 fully saturated rings. The van der Waals surface area contributed by atoms with Crippen molar-refractivity contribution in [2.45, 2.75) is 25.7 Å². The predicted octanol–water partition coefficient (Wildman–Crippen LogP) is 2.02. The zero-order chi connectivity index (χ0) is 12.7. The van der Waals surface area contributed by atoms with Crippen molar-refractivity contribution in [2.24, 2.45) is 0 Å². The standard InChI is InChI=1S/C14H21NO2/c1-3-13(12-8-5-4-6-9-12)14(17)15(2)10-7-11-16/h4-6,8-9,13,16H,3,7,10-11H2,1-2H3. The van der Waals surface area contributed by atoms with E-state index in [0.717, 1.165) is 12.0 Å². The molecule has 1 N–H and O–H groups in total. The number of rotatable bonds is 6. The Morgan fingerprint density at radius 3 is 2.53 bits per heavy atom. The highest BCUT2D eigenvalue weighted by atomic mass is 16.3. The van der Waals surface area contributed by atoms with Gasteiger partial charge in [-0.2, -0.15) is 0 Å². The number of hydrogen-bond acceptors (Lipinski definition) is 2. The van der Waals surface area contributed by atoms with Crippen molar-refractivity contribution in [1.82, 2.24) is 4.90 Å². The van der Waals surface area contributed by atoms with Gasteiger partial charge in [-0.25, -0.2) is 0 Å². The molecular formula is C14H21NO2. The number of carbonyl (C=O) groups is 1. The molecule has 17 heavy (non-hydrogen) atoms. The van der Waals surface area contributed by atoms with Crippen molar-refractivity contribution < 1.29 is 9.90 Å². The molecule has 1 aromatic carbocycles. The maximum absolute atomic E-state index is 12.2. The Bertz CT molecular complexity index is 337. The molecule has 0 aliphatic carbocycles. The summed E-state index contributed by atoms with van der Waals surface area (Å²) in [6.07, 6.45) is 1.43. The molecule has 0 heterocycles. The molecule has 1 atom stereocenters. The molecular weight excluding hydrogens is 214 g/mol. The van der Waals surface area contributed by atoms with Crippen LogP contribution in [-0.4, -0.2) is 36.1 Å². The molecule has 0 bridgehead atoms. The summed E-state index contributed by atoms with van der Waals surface area (Å²) in [4.78, 5) is 13.9. The van der Waals surface area contributed by atoms with E-state index in [4.69, 9.17) is 5.11 Å². The van der Waals surface area contributed by atoms with Gasteiger partial charge in [0.25, 0.3) is 0 Å². The van der Waals surface area contributed by atoms with Gasteiger partial charge in [0, 0.05) is 20.2 Å². The van der Waals surface area contributed by atoms with Crippen LogP contribution in [0.25, 0.3) is 0 Å². The fourth-order valence-corrected chi connectivity index (χ4v) is 1.92. The monoisotopic (exact) mass is 235 g/mol. The lowest BCUT2D eigenvalue weighted by Gasteiger charge is -2.23. The van der Waals surface area contributed by atoms with Gasteiger partial charge in [0.2, 0.25) is 5.91 Å². The fourth-order valence-electron chi connectivity index (χ4n) is 1.92. The molecule has 0 radical (unpaired) electrons. The van der Waals surface area contributed by atoms with E-state index < -0.39 is 0 Å².